The van der Waals surface area contributed by atoms with Crippen molar-refractivity contribution in [1.82, 2.24) is 34.7 Å². The van der Waals surface area contributed by atoms with Crippen LogP contribution in [0.15, 0.2) is 70.6 Å². The molecule has 1 aliphatic heterocycles. The van der Waals surface area contributed by atoms with Crippen LogP contribution < -0.4 is 10.5 Å². The Balaban J connectivity index is 1.18. The van der Waals surface area contributed by atoms with E-state index >= 15 is 0 Å². The number of carbonyl (C=O) groups is 1. The molecule has 0 saturated carbocycles. The number of hydrogen-bond acceptors (Lipinski definition) is 9. The summed E-state index contributed by atoms with van der Waals surface area (Å²) in [6.07, 6.45) is 0. The van der Waals surface area contributed by atoms with Gasteiger partial charge in [0.15, 0.2) is 5.16 Å². The van der Waals surface area contributed by atoms with Gasteiger partial charge < -0.3 is 9.80 Å². The first kappa shape index (κ1) is 25.3. The predicted molar refractivity (Wildman–Crippen MR) is 153 cm³/mol. The number of aromatic nitrogens is 6. The molecule has 0 bridgehead atoms. The molecule has 1 fully saturated rings. The van der Waals surface area contributed by atoms with E-state index in [4.69, 9.17) is 4.98 Å². The molecule has 6 rings (SSSR count). The van der Waals surface area contributed by atoms with Crippen LogP contribution in [0.4, 0.5) is 5.95 Å². The van der Waals surface area contributed by atoms with Crippen LogP contribution in [0, 0.1) is 13.8 Å². The average molecular weight is 559 g/mol. The lowest BCUT2D eigenvalue weighted by atomic mass is 10.2. The quantitative estimate of drug-likeness (QED) is 0.231. The maximum atomic E-state index is 13.6. The van der Waals surface area contributed by atoms with Crippen molar-refractivity contribution in [3.05, 3.63) is 81.5 Å². The minimum atomic E-state index is -0.104. The fourth-order valence-corrected chi connectivity index (χ4v) is 6.65. The van der Waals surface area contributed by atoms with Crippen molar-refractivity contribution in [2.45, 2.75) is 19.0 Å². The number of carbonyl (C=O) groups excluding carboxylic acids is 1. The summed E-state index contributed by atoms with van der Waals surface area (Å²) in [5, 5.41) is 13.4. The molecule has 39 heavy (non-hydrogen) atoms. The fourth-order valence-electron chi connectivity index (χ4n) is 4.67. The van der Waals surface area contributed by atoms with E-state index in [1.165, 1.54) is 23.1 Å². The molecule has 0 unspecified atom stereocenters. The van der Waals surface area contributed by atoms with Crippen molar-refractivity contribution >= 4 is 45.2 Å². The van der Waals surface area contributed by atoms with Crippen LogP contribution in [0.2, 0.25) is 0 Å². The summed E-state index contributed by atoms with van der Waals surface area (Å²) in [6, 6.07) is 19.2. The van der Waals surface area contributed by atoms with E-state index in [1.54, 1.807) is 9.25 Å². The van der Waals surface area contributed by atoms with Crippen LogP contribution in [-0.2, 0) is 4.79 Å². The molecular weight excluding hydrogens is 532 g/mol. The second-order valence-electron chi connectivity index (χ2n) is 9.22. The van der Waals surface area contributed by atoms with Crippen LogP contribution in [0.3, 0.4) is 0 Å². The fraction of sp³-hybridized carbons (Fsp3) is 0.259. The van der Waals surface area contributed by atoms with E-state index in [0.717, 1.165) is 21.8 Å². The summed E-state index contributed by atoms with van der Waals surface area (Å²) in [5.74, 6) is 0.860. The van der Waals surface area contributed by atoms with E-state index in [-0.39, 0.29) is 17.2 Å². The normalized spacial score (nSPS) is 13.8. The number of piperazine rings is 1. The molecule has 2 aromatic carbocycles. The molecule has 5 aromatic rings. The van der Waals surface area contributed by atoms with Crippen molar-refractivity contribution in [2.24, 2.45) is 0 Å². The lowest BCUT2D eigenvalue weighted by Gasteiger charge is -2.34. The first-order chi connectivity index (χ1) is 19.0. The smallest absolute Gasteiger partial charge is 0.267 e. The largest absolute Gasteiger partial charge is 0.338 e. The van der Waals surface area contributed by atoms with Gasteiger partial charge in [-0.15, -0.1) is 11.3 Å². The minimum Gasteiger partial charge on any atom is -0.338 e. The zero-order chi connectivity index (χ0) is 26.9. The van der Waals surface area contributed by atoms with Gasteiger partial charge in [-0.1, -0.05) is 53.3 Å². The number of thioether (sulfide) groups is 1. The molecule has 10 nitrogen and oxygen atoms in total. The Morgan fingerprint density at radius 1 is 0.949 bits per heavy atom. The number of aryl methyl sites for hydroxylation is 2. The highest BCUT2D eigenvalue weighted by Gasteiger charge is 2.26. The van der Waals surface area contributed by atoms with Gasteiger partial charge in [0.2, 0.25) is 11.9 Å². The molecule has 0 radical (unpaired) electrons. The summed E-state index contributed by atoms with van der Waals surface area (Å²) in [4.78, 5) is 37.4. The van der Waals surface area contributed by atoms with Gasteiger partial charge in [0.05, 0.1) is 22.5 Å². The van der Waals surface area contributed by atoms with E-state index < -0.39 is 0 Å². The van der Waals surface area contributed by atoms with Crippen LogP contribution in [0.5, 0.6) is 0 Å². The van der Waals surface area contributed by atoms with Crippen molar-refractivity contribution < 1.29 is 4.79 Å². The van der Waals surface area contributed by atoms with Gasteiger partial charge in [-0.2, -0.15) is 4.68 Å². The highest BCUT2D eigenvalue weighted by molar-refractivity contribution is 7.99. The number of tetrazole rings is 1. The monoisotopic (exact) mass is 558 g/mol. The van der Waals surface area contributed by atoms with Crippen LogP contribution in [0.1, 0.15) is 10.4 Å². The van der Waals surface area contributed by atoms with Gasteiger partial charge in [0, 0.05) is 31.1 Å². The lowest BCUT2D eigenvalue weighted by Crippen LogP contribution is -2.50. The number of nitrogens with zero attached hydrogens (tertiary/aromatic N) is 8. The highest BCUT2D eigenvalue weighted by Crippen LogP contribution is 2.30. The number of anilines is 1. The Morgan fingerprint density at radius 2 is 1.62 bits per heavy atom. The third kappa shape index (κ3) is 4.81. The summed E-state index contributed by atoms with van der Waals surface area (Å²) < 4.78 is 3.34. The maximum absolute atomic E-state index is 13.6. The van der Waals surface area contributed by atoms with Gasteiger partial charge in [0.25, 0.3) is 5.56 Å². The summed E-state index contributed by atoms with van der Waals surface area (Å²) in [7, 11) is 0. The van der Waals surface area contributed by atoms with E-state index in [0.29, 0.717) is 47.5 Å². The number of para-hydroxylation sites is 2. The molecule has 0 spiro atoms. The summed E-state index contributed by atoms with van der Waals surface area (Å²) >= 11 is 2.82. The number of fused-ring (bicyclic) bond motifs is 1. The summed E-state index contributed by atoms with van der Waals surface area (Å²) in [6.45, 7) is 6.32. The number of benzene rings is 2. The molecule has 0 N–H and O–H groups in total. The van der Waals surface area contributed by atoms with Crippen LogP contribution in [0.25, 0.3) is 21.6 Å². The molecular formula is C27H26N8O2S2. The summed E-state index contributed by atoms with van der Waals surface area (Å²) in [5.41, 5.74) is 2.48. The Morgan fingerprint density at radius 3 is 2.31 bits per heavy atom. The second kappa shape index (κ2) is 10.6. The van der Waals surface area contributed by atoms with E-state index in [1.807, 2.05) is 79.4 Å². The number of hydrogen-bond donors (Lipinski definition) is 0. The third-order valence-corrected chi connectivity index (χ3v) is 8.90. The Labute approximate surface area is 232 Å². The van der Waals surface area contributed by atoms with Gasteiger partial charge in [-0.3, -0.25) is 14.2 Å². The van der Waals surface area contributed by atoms with Crippen LogP contribution >= 0.6 is 23.1 Å². The number of thiophene rings is 1. The average Bonchev–Trinajstić information content (AvgIpc) is 3.57. The first-order valence-corrected chi connectivity index (χ1v) is 14.4. The molecule has 0 aliphatic carbocycles. The van der Waals surface area contributed by atoms with Gasteiger partial charge in [0.1, 0.15) is 4.83 Å². The molecule has 0 atom stereocenters. The molecule has 1 aliphatic rings. The Kier molecular flexibility index (Phi) is 6.88. The topological polar surface area (TPSA) is 102 Å². The van der Waals surface area contributed by atoms with Gasteiger partial charge >= 0.3 is 0 Å². The first-order valence-electron chi connectivity index (χ1n) is 12.6. The van der Waals surface area contributed by atoms with E-state index in [9.17, 15) is 9.59 Å². The zero-order valence-electron chi connectivity index (χ0n) is 21.5. The Hall–Kier alpha value is -4.03. The standard InChI is InChI=1S/C27H26N8O2S2/c1-18-19(2)39-24-23(18)25(37)34(20-9-5-3-6-10-20)27(28-24)38-17-22(36)32-13-15-33(16-14-32)26-29-30-31-35(26)21-11-7-4-8-12-21/h3-12H,13-17H2,1-2H3. The number of amides is 1. The van der Waals surface area contributed by atoms with Gasteiger partial charge in [-0.25, -0.2) is 4.98 Å². The Bertz CT molecular complexity index is 1690. The van der Waals surface area contributed by atoms with Crippen molar-refractivity contribution in [3.63, 3.8) is 0 Å². The minimum absolute atomic E-state index is 0.00907. The van der Waals surface area contributed by atoms with E-state index in [2.05, 4.69) is 20.4 Å². The van der Waals surface area contributed by atoms with Crippen LogP contribution in [-0.4, -0.2) is 72.5 Å². The van der Waals surface area contributed by atoms with Crippen molar-refractivity contribution in [2.75, 3.05) is 36.8 Å². The molecule has 1 amide bonds. The van der Waals surface area contributed by atoms with Gasteiger partial charge in [-0.05, 0) is 54.1 Å². The molecule has 3 aromatic heterocycles. The third-order valence-electron chi connectivity index (χ3n) is 6.88. The van der Waals surface area contributed by atoms with Crippen molar-refractivity contribution in [1.29, 1.82) is 0 Å². The SMILES string of the molecule is Cc1sc2nc(SCC(=O)N3CCN(c4nnnn4-c4ccccc4)CC3)n(-c3ccccc3)c(=O)c2c1C. The van der Waals surface area contributed by atoms with Crippen molar-refractivity contribution in [3.8, 4) is 11.4 Å². The molecule has 1 saturated heterocycles. The highest BCUT2D eigenvalue weighted by atomic mass is 32.2. The molecule has 12 heteroatoms. The molecule has 4 heterocycles. The predicted octanol–water partition coefficient (Wildman–Crippen LogP) is 3.48. The molecule has 198 valence electrons. The maximum Gasteiger partial charge on any atom is 0.267 e. The second-order valence-corrected chi connectivity index (χ2v) is 11.4. The number of rotatable bonds is 6. The lowest BCUT2D eigenvalue weighted by molar-refractivity contribution is -0.128. The zero-order valence-corrected chi connectivity index (χ0v) is 23.2.